The van der Waals surface area contributed by atoms with Crippen molar-refractivity contribution in [1.29, 1.82) is 0 Å². The Morgan fingerprint density at radius 2 is 2.00 bits per heavy atom. The summed E-state index contributed by atoms with van der Waals surface area (Å²) >= 11 is 0. The third-order valence-corrected chi connectivity index (χ3v) is 4.17. The standard InChI is InChI=1S/C15H25N3O2/c1-2-9-16-15(20)17-12-10-14(19)18(11-12)13-7-5-3-4-6-8-13/h2,12-13H,1,3-11H2,(H2,16,17,20). The first kappa shape index (κ1) is 14.9. The molecule has 0 radical (unpaired) electrons. The summed E-state index contributed by atoms with van der Waals surface area (Å²) in [4.78, 5) is 25.7. The lowest BCUT2D eigenvalue weighted by molar-refractivity contribution is -0.129. The number of amides is 3. The number of urea groups is 1. The van der Waals surface area contributed by atoms with Crippen molar-refractivity contribution < 1.29 is 9.59 Å². The molecule has 20 heavy (non-hydrogen) atoms. The maximum Gasteiger partial charge on any atom is 0.315 e. The average molecular weight is 279 g/mol. The monoisotopic (exact) mass is 279 g/mol. The quantitative estimate of drug-likeness (QED) is 0.609. The number of likely N-dealkylation sites (tertiary alicyclic amines) is 1. The van der Waals surface area contributed by atoms with Crippen LogP contribution in [0.5, 0.6) is 0 Å². The summed E-state index contributed by atoms with van der Waals surface area (Å²) in [5.74, 6) is 0.186. The molecule has 2 fully saturated rings. The van der Waals surface area contributed by atoms with Crippen LogP contribution in [0, 0.1) is 0 Å². The minimum Gasteiger partial charge on any atom is -0.338 e. The molecule has 5 nitrogen and oxygen atoms in total. The maximum absolute atomic E-state index is 12.1. The van der Waals surface area contributed by atoms with E-state index < -0.39 is 0 Å². The Balaban J connectivity index is 1.83. The maximum atomic E-state index is 12.1. The van der Waals surface area contributed by atoms with Crippen molar-refractivity contribution in [3.05, 3.63) is 12.7 Å². The van der Waals surface area contributed by atoms with Crippen LogP contribution < -0.4 is 10.6 Å². The lowest BCUT2D eigenvalue weighted by Crippen LogP contribution is -2.44. The summed E-state index contributed by atoms with van der Waals surface area (Å²) in [5, 5.41) is 5.55. The highest BCUT2D eigenvalue weighted by Crippen LogP contribution is 2.25. The first-order chi connectivity index (χ1) is 9.70. The lowest BCUT2D eigenvalue weighted by Gasteiger charge is -2.27. The zero-order valence-electron chi connectivity index (χ0n) is 12.1. The summed E-state index contributed by atoms with van der Waals surface area (Å²) in [6.07, 6.45) is 9.28. The summed E-state index contributed by atoms with van der Waals surface area (Å²) in [6, 6.07) is 0.106. The number of rotatable bonds is 4. The molecule has 0 aromatic rings. The molecule has 2 rings (SSSR count). The highest BCUT2D eigenvalue weighted by molar-refractivity contribution is 5.82. The molecule has 1 saturated carbocycles. The van der Waals surface area contributed by atoms with Gasteiger partial charge in [-0.15, -0.1) is 6.58 Å². The molecule has 5 heteroatoms. The fraction of sp³-hybridized carbons (Fsp3) is 0.733. The van der Waals surface area contributed by atoms with Crippen molar-refractivity contribution in [3.8, 4) is 0 Å². The van der Waals surface area contributed by atoms with Gasteiger partial charge < -0.3 is 15.5 Å². The van der Waals surface area contributed by atoms with Gasteiger partial charge in [-0.3, -0.25) is 4.79 Å². The van der Waals surface area contributed by atoms with Crippen molar-refractivity contribution in [3.63, 3.8) is 0 Å². The van der Waals surface area contributed by atoms with Gasteiger partial charge >= 0.3 is 6.03 Å². The third-order valence-electron chi connectivity index (χ3n) is 4.17. The molecule has 0 aromatic heterocycles. The Morgan fingerprint density at radius 1 is 1.30 bits per heavy atom. The van der Waals surface area contributed by atoms with Gasteiger partial charge in [0.2, 0.25) is 5.91 Å². The SMILES string of the molecule is C=CCNC(=O)NC1CC(=O)N(C2CCCCCC2)C1. The largest absolute Gasteiger partial charge is 0.338 e. The molecule has 1 atom stereocenters. The molecule has 1 unspecified atom stereocenters. The Bertz CT molecular complexity index is 362. The number of hydrogen-bond donors (Lipinski definition) is 2. The number of hydrogen-bond acceptors (Lipinski definition) is 2. The minimum atomic E-state index is -0.217. The number of carbonyl (C=O) groups is 2. The van der Waals surface area contributed by atoms with Crippen LogP contribution in [0.15, 0.2) is 12.7 Å². The number of nitrogens with zero attached hydrogens (tertiary/aromatic N) is 1. The summed E-state index contributed by atoms with van der Waals surface area (Å²) in [7, 11) is 0. The van der Waals surface area contributed by atoms with E-state index in [4.69, 9.17) is 0 Å². The van der Waals surface area contributed by atoms with Gasteiger partial charge in [-0.1, -0.05) is 31.8 Å². The van der Waals surface area contributed by atoms with E-state index in [0.717, 1.165) is 12.8 Å². The van der Waals surface area contributed by atoms with E-state index in [9.17, 15) is 9.59 Å². The van der Waals surface area contributed by atoms with E-state index in [-0.39, 0.29) is 18.0 Å². The molecule has 1 aliphatic heterocycles. The molecular formula is C15H25N3O2. The van der Waals surface area contributed by atoms with Crippen LogP contribution in [-0.4, -0.2) is 42.0 Å². The van der Waals surface area contributed by atoms with Gasteiger partial charge in [0.25, 0.3) is 0 Å². The van der Waals surface area contributed by atoms with Crippen molar-refractivity contribution in [2.24, 2.45) is 0 Å². The molecule has 3 amide bonds. The second kappa shape index (κ2) is 7.31. The molecule has 1 saturated heterocycles. The van der Waals surface area contributed by atoms with Crippen molar-refractivity contribution in [2.45, 2.75) is 57.0 Å². The van der Waals surface area contributed by atoms with Crippen LogP contribution in [-0.2, 0) is 4.79 Å². The average Bonchev–Trinajstić information content (AvgIpc) is 2.66. The molecule has 2 N–H and O–H groups in total. The summed E-state index contributed by atoms with van der Waals surface area (Å²) in [5.41, 5.74) is 0. The number of nitrogens with one attached hydrogen (secondary N) is 2. The van der Waals surface area contributed by atoms with Gasteiger partial charge in [-0.25, -0.2) is 4.79 Å². The first-order valence-electron chi connectivity index (χ1n) is 7.65. The van der Waals surface area contributed by atoms with Crippen LogP contribution >= 0.6 is 0 Å². The van der Waals surface area contributed by atoms with Gasteiger partial charge in [-0.05, 0) is 12.8 Å². The van der Waals surface area contributed by atoms with Crippen molar-refractivity contribution in [1.82, 2.24) is 15.5 Å². The van der Waals surface area contributed by atoms with Crippen LogP contribution in [0.2, 0.25) is 0 Å². The highest BCUT2D eigenvalue weighted by Gasteiger charge is 2.34. The van der Waals surface area contributed by atoms with Crippen LogP contribution in [0.25, 0.3) is 0 Å². The van der Waals surface area contributed by atoms with Gasteiger partial charge in [0.1, 0.15) is 0 Å². The third kappa shape index (κ3) is 3.99. The lowest BCUT2D eigenvalue weighted by atomic mass is 10.1. The van der Waals surface area contributed by atoms with E-state index in [1.165, 1.54) is 25.7 Å². The van der Waals surface area contributed by atoms with E-state index in [2.05, 4.69) is 17.2 Å². The second-order valence-corrected chi connectivity index (χ2v) is 5.74. The van der Waals surface area contributed by atoms with E-state index >= 15 is 0 Å². The molecule has 1 aliphatic carbocycles. The summed E-state index contributed by atoms with van der Waals surface area (Å²) in [6.45, 7) is 4.65. The predicted molar refractivity (Wildman–Crippen MR) is 78.3 cm³/mol. The van der Waals surface area contributed by atoms with Gasteiger partial charge in [0, 0.05) is 25.6 Å². The van der Waals surface area contributed by atoms with Crippen molar-refractivity contribution in [2.75, 3.05) is 13.1 Å². The molecule has 0 spiro atoms. The molecule has 1 heterocycles. The zero-order valence-corrected chi connectivity index (χ0v) is 12.1. The molecule has 2 aliphatic rings. The fourth-order valence-corrected chi connectivity index (χ4v) is 3.15. The van der Waals surface area contributed by atoms with Crippen LogP contribution in [0.4, 0.5) is 4.79 Å². The first-order valence-corrected chi connectivity index (χ1v) is 7.65. The fourth-order valence-electron chi connectivity index (χ4n) is 3.15. The normalized spacial score (nSPS) is 24.3. The second-order valence-electron chi connectivity index (χ2n) is 5.74. The van der Waals surface area contributed by atoms with Gasteiger partial charge in [0.05, 0.1) is 6.04 Å². The van der Waals surface area contributed by atoms with E-state index in [1.54, 1.807) is 6.08 Å². The predicted octanol–water partition coefficient (Wildman–Crippen LogP) is 1.80. The summed E-state index contributed by atoms with van der Waals surface area (Å²) < 4.78 is 0. The van der Waals surface area contributed by atoms with Crippen molar-refractivity contribution >= 4 is 11.9 Å². The van der Waals surface area contributed by atoms with E-state index in [1.807, 2.05) is 4.90 Å². The molecule has 0 aromatic carbocycles. The smallest absolute Gasteiger partial charge is 0.315 e. The molecule has 0 bridgehead atoms. The van der Waals surface area contributed by atoms with Gasteiger partial charge in [-0.2, -0.15) is 0 Å². The van der Waals surface area contributed by atoms with E-state index in [0.29, 0.717) is 25.6 Å². The zero-order chi connectivity index (χ0) is 14.4. The van der Waals surface area contributed by atoms with Gasteiger partial charge in [0.15, 0.2) is 0 Å². The van der Waals surface area contributed by atoms with Crippen LogP contribution in [0.3, 0.4) is 0 Å². The highest BCUT2D eigenvalue weighted by atomic mass is 16.2. The molecule has 112 valence electrons. The van der Waals surface area contributed by atoms with Crippen LogP contribution in [0.1, 0.15) is 44.9 Å². The Kier molecular flexibility index (Phi) is 5.44. The Morgan fingerprint density at radius 3 is 2.65 bits per heavy atom. The molecular weight excluding hydrogens is 254 g/mol. The Hall–Kier alpha value is -1.52. The minimum absolute atomic E-state index is 0.0597. The topological polar surface area (TPSA) is 61.4 Å². The number of carbonyl (C=O) groups excluding carboxylic acids is 2. The Labute approximate surface area is 120 Å².